The van der Waals surface area contributed by atoms with E-state index in [9.17, 15) is 4.79 Å². The number of hydrogen-bond acceptors (Lipinski definition) is 2. The van der Waals surface area contributed by atoms with Gasteiger partial charge >= 0.3 is 0 Å². The Morgan fingerprint density at radius 1 is 1.17 bits per heavy atom. The molecule has 0 atom stereocenters. The van der Waals surface area contributed by atoms with Gasteiger partial charge in [-0.3, -0.25) is 4.79 Å². The Morgan fingerprint density at radius 3 is 1.92 bits per heavy atom. The largest absolute Gasteiger partial charge is 0.391 e. The molecule has 0 unspecified atom stereocenters. The summed E-state index contributed by atoms with van der Waals surface area (Å²) in [5.41, 5.74) is 1.01. The van der Waals surface area contributed by atoms with Gasteiger partial charge in [-0.1, -0.05) is 27.7 Å². The first-order chi connectivity index (χ1) is 5.49. The lowest BCUT2D eigenvalue weighted by atomic mass is 10.0. The minimum absolute atomic E-state index is 0.0899. The number of nitrogens with one attached hydrogen (secondary N) is 1. The van der Waals surface area contributed by atoms with Gasteiger partial charge in [0.1, 0.15) is 0 Å². The van der Waals surface area contributed by atoms with Gasteiger partial charge in [0, 0.05) is 24.7 Å². The van der Waals surface area contributed by atoms with Crippen molar-refractivity contribution in [1.82, 2.24) is 5.32 Å². The second-order valence-corrected chi connectivity index (χ2v) is 3.56. The second-order valence-electron chi connectivity index (χ2n) is 3.56. The average Bonchev–Trinajstić information content (AvgIpc) is 1.98. The zero-order valence-corrected chi connectivity index (χ0v) is 8.64. The van der Waals surface area contributed by atoms with Crippen LogP contribution in [0.4, 0.5) is 0 Å². The predicted octanol–water partition coefficient (Wildman–Crippen LogP) is 1.97. The lowest BCUT2D eigenvalue weighted by molar-refractivity contribution is -0.117. The maximum Gasteiger partial charge on any atom is 0.159 e. The molecule has 0 aliphatic rings. The molecule has 0 aliphatic heterocycles. The Hall–Kier alpha value is -0.790. The number of hydrogen-bond donors (Lipinski definition) is 1. The maximum atomic E-state index is 11.3. The smallest absolute Gasteiger partial charge is 0.159 e. The van der Waals surface area contributed by atoms with Crippen LogP contribution in [0.1, 0.15) is 27.7 Å². The zero-order valence-electron chi connectivity index (χ0n) is 8.64. The van der Waals surface area contributed by atoms with Crippen molar-refractivity contribution in [3.05, 3.63) is 11.8 Å². The Bertz CT molecular complexity index is 180. The summed E-state index contributed by atoms with van der Waals surface area (Å²) in [4.78, 5) is 11.3. The van der Waals surface area contributed by atoms with Gasteiger partial charge in [-0.2, -0.15) is 0 Å². The van der Waals surface area contributed by atoms with Crippen LogP contribution in [0.5, 0.6) is 0 Å². The average molecular weight is 169 g/mol. The van der Waals surface area contributed by atoms with Gasteiger partial charge in [0.05, 0.1) is 0 Å². The van der Waals surface area contributed by atoms with Crippen LogP contribution in [0.2, 0.25) is 0 Å². The molecule has 0 rings (SSSR count). The summed E-state index contributed by atoms with van der Waals surface area (Å²) < 4.78 is 0. The molecule has 0 bridgehead atoms. The SMILES string of the molecule is CNC(=CC(=O)C(C)C)C(C)C. The molecule has 0 aromatic heterocycles. The van der Waals surface area contributed by atoms with E-state index in [1.807, 2.05) is 20.9 Å². The molecule has 12 heavy (non-hydrogen) atoms. The third-order valence-electron chi connectivity index (χ3n) is 1.78. The van der Waals surface area contributed by atoms with Gasteiger partial charge in [-0.05, 0) is 5.92 Å². The Morgan fingerprint density at radius 2 is 1.67 bits per heavy atom. The lowest BCUT2D eigenvalue weighted by Gasteiger charge is -2.10. The van der Waals surface area contributed by atoms with E-state index in [0.29, 0.717) is 5.92 Å². The van der Waals surface area contributed by atoms with E-state index >= 15 is 0 Å². The van der Waals surface area contributed by atoms with E-state index in [1.165, 1.54) is 0 Å². The molecule has 0 aromatic carbocycles. The topological polar surface area (TPSA) is 29.1 Å². The summed E-state index contributed by atoms with van der Waals surface area (Å²) in [6.07, 6.45) is 1.70. The highest BCUT2D eigenvalue weighted by molar-refractivity contribution is 5.91. The van der Waals surface area contributed by atoms with Crippen LogP contribution in [0.25, 0.3) is 0 Å². The van der Waals surface area contributed by atoms with Crippen molar-refractivity contribution in [2.45, 2.75) is 27.7 Å². The normalized spacial score (nSPS) is 12.4. The third kappa shape index (κ3) is 3.56. The van der Waals surface area contributed by atoms with Crippen LogP contribution in [0.3, 0.4) is 0 Å². The van der Waals surface area contributed by atoms with Gasteiger partial charge in [-0.15, -0.1) is 0 Å². The molecule has 0 saturated carbocycles. The molecular weight excluding hydrogens is 150 g/mol. The fourth-order valence-electron chi connectivity index (χ4n) is 0.847. The van der Waals surface area contributed by atoms with Crippen LogP contribution >= 0.6 is 0 Å². The van der Waals surface area contributed by atoms with Gasteiger partial charge in [0.25, 0.3) is 0 Å². The fourth-order valence-corrected chi connectivity index (χ4v) is 0.847. The summed E-state index contributed by atoms with van der Waals surface area (Å²) >= 11 is 0. The molecule has 1 N–H and O–H groups in total. The molecule has 0 fully saturated rings. The summed E-state index contributed by atoms with van der Waals surface area (Å²) in [7, 11) is 1.85. The number of ketones is 1. The van der Waals surface area contributed by atoms with E-state index in [4.69, 9.17) is 0 Å². The van der Waals surface area contributed by atoms with Gasteiger partial charge in [0.2, 0.25) is 0 Å². The highest BCUT2D eigenvalue weighted by Gasteiger charge is 2.07. The van der Waals surface area contributed by atoms with Crippen molar-refractivity contribution < 1.29 is 4.79 Å². The Balaban J connectivity index is 4.38. The molecule has 0 saturated heterocycles. The number of carbonyl (C=O) groups excluding carboxylic acids is 1. The molecular formula is C10H19NO. The Labute approximate surface area is 75.0 Å². The zero-order chi connectivity index (χ0) is 9.72. The monoisotopic (exact) mass is 169 g/mol. The van der Waals surface area contributed by atoms with Crippen LogP contribution in [-0.4, -0.2) is 12.8 Å². The first-order valence-corrected chi connectivity index (χ1v) is 4.42. The highest BCUT2D eigenvalue weighted by Crippen LogP contribution is 2.07. The Kier molecular flexibility index (Phi) is 4.64. The van der Waals surface area contributed by atoms with E-state index in [0.717, 1.165) is 5.70 Å². The quantitative estimate of drug-likeness (QED) is 0.652. The number of carbonyl (C=O) groups is 1. The molecule has 0 aromatic rings. The van der Waals surface area contributed by atoms with Crippen molar-refractivity contribution in [2.75, 3.05) is 7.05 Å². The van der Waals surface area contributed by atoms with Crippen molar-refractivity contribution in [3.63, 3.8) is 0 Å². The van der Waals surface area contributed by atoms with Gasteiger partial charge in [-0.25, -0.2) is 0 Å². The maximum absolute atomic E-state index is 11.3. The van der Waals surface area contributed by atoms with Crippen molar-refractivity contribution >= 4 is 5.78 Å². The van der Waals surface area contributed by atoms with Crippen molar-refractivity contribution in [3.8, 4) is 0 Å². The number of rotatable bonds is 4. The van der Waals surface area contributed by atoms with E-state index in [-0.39, 0.29) is 11.7 Å². The fraction of sp³-hybridized carbons (Fsp3) is 0.700. The molecule has 2 heteroatoms. The van der Waals surface area contributed by atoms with E-state index in [1.54, 1.807) is 6.08 Å². The first-order valence-electron chi connectivity index (χ1n) is 4.42. The molecule has 0 heterocycles. The molecule has 0 radical (unpaired) electrons. The van der Waals surface area contributed by atoms with Crippen LogP contribution in [0, 0.1) is 11.8 Å². The standard InChI is InChI=1S/C10H19NO/c1-7(2)9(11-5)6-10(12)8(3)4/h6-8,11H,1-5H3. The highest BCUT2D eigenvalue weighted by atomic mass is 16.1. The summed E-state index contributed by atoms with van der Waals surface area (Å²) in [6, 6.07) is 0. The van der Waals surface area contributed by atoms with Gasteiger partial charge < -0.3 is 5.32 Å². The lowest BCUT2D eigenvalue weighted by Crippen LogP contribution is -2.15. The predicted molar refractivity (Wildman–Crippen MR) is 51.8 cm³/mol. The van der Waals surface area contributed by atoms with Crippen molar-refractivity contribution in [1.29, 1.82) is 0 Å². The van der Waals surface area contributed by atoms with Crippen LogP contribution in [0.15, 0.2) is 11.8 Å². The van der Waals surface area contributed by atoms with Crippen molar-refractivity contribution in [2.24, 2.45) is 11.8 Å². The van der Waals surface area contributed by atoms with E-state index < -0.39 is 0 Å². The molecule has 70 valence electrons. The van der Waals surface area contributed by atoms with Crippen LogP contribution in [-0.2, 0) is 4.79 Å². The molecule has 0 spiro atoms. The minimum Gasteiger partial charge on any atom is -0.391 e. The summed E-state index contributed by atoms with van der Waals surface area (Å²) in [5.74, 6) is 0.665. The van der Waals surface area contributed by atoms with Gasteiger partial charge in [0.15, 0.2) is 5.78 Å². The van der Waals surface area contributed by atoms with E-state index in [2.05, 4.69) is 19.2 Å². The number of allylic oxidation sites excluding steroid dienone is 2. The minimum atomic E-state index is 0.0899. The molecule has 0 aliphatic carbocycles. The molecule has 0 amide bonds. The third-order valence-corrected chi connectivity index (χ3v) is 1.78. The summed E-state index contributed by atoms with van der Waals surface area (Å²) in [5, 5.41) is 3.03. The molecule has 2 nitrogen and oxygen atoms in total. The second kappa shape index (κ2) is 4.96. The summed E-state index contributed by atoms with van der Waals surface area (Å²) in [6.45, 7) is 7.95. The van der Waals surface area contributed by atoms with Crippen LogP contribution < -0.4 is 5.32 Å². The first kappa shape index (κ1) is 11.2.